The zero-order chi connectivity index (χ0) is 14.3. The molecule has 1 atom stereocenters. The van der Waals surface area contributed by atoms with Crippen LogP contribution in [0.15, 0.2) is 28.7 Å². The van der Waals surface area contributed by atoms with E-state index in [2.05, 4.69) is 28.1 Å². The van der Waals surface area contributed by atoms with E-state index in [0.29, 0.717) is 6.54 Å². The molecular formula is C15H17BrN2O2. The number of carbonyl (C=O) groups excluding carboxylic acids is 2. The smallest absolute Gasteiger partial charge is 0.224 e. The molecule has 106 valence electrons. The SMILES string of the molecule is NC(=O)C1CC(=O)N(C2(c3ccc(Br)cc3)CCC2)C1. The molecule has 5 heteroatoms. The molecule has 1 heterocycles. The van der Waals surface area contributed by atoms with Crippen LogP contribution in [0.4, 0.5) is 0 Å². The van der Waals surface area contributed by atoms with E-state index in [1.807, 2.05) is 17.0 Å². The van der Waals surface area contributed by atoms with E-state index < -0.39 is 0 Å². The van der Waals surface area contributed by atoms with Crippen molar-refractivity contribution in [3.05, 3.63) is 34.3 Å². The van der Waals surface area contributed by atoms with Crippen LogP contribution < -0.4 is 5.73 Å². The van der Waals surface area contributed by atoms with Gasteiger partial charge < -0.3 is 10.6 Å². The van der Waals surface area contributed by atoms with E-state index >= 15 is 0 Å². The molecule has 1 aliphatic heterocycles. The van der Waals surface area contributed by atoms with Crippen LogP contribution in [0, 0.1) is 5.92 Å². The average molecular weight is 337 g/mol. The second-order valence-electron chi connectivity index (χ2n) is 5.70. The van der Waals surface area contributed by atoms with E-state index in [0.717, 1.165) is 29.3 Å². The maximum Gasteiger partial charge on any atom is 0.224 e. The number of halogens is 1. The summed E-state index contributed by atoms with van der Waals surface area (Å²) in [6.45, 7) is 0.463. The predicted octanol–water partition coefficient (Wildman–Crippen LogP) is 2.16. The molecule has 0 bridgehead atoms. The largest absolute Gasteiger partial charge is 0.369 e. The fourth-order valence-electron chi connectivity index (χ4n) is 3.30. The number of nitrogens with two attached hydrogens (primary N) is 1. The standard InChI is InChI=1S/C15H17BrN2O2/c16-12-4-2-11(3-5-12)15(6-1-7-15)18-9-10(14(17)20)8-13(18)19/h2-5,10H,1,6-9H2,(H2,17,20). The van der Waals surface area contributed by atoms with Crippen LogP contribution in [-0.2, 0) is 15.1 Å². The van der Waals surface area contributed by atoms with E-state index in [9.17, 15) is 9.59 Å². The fraction of sp³-hybridized carbons (Fsp3) is 0.467. The molecule has 1 aromatic carbocycles. The molecule has 1 aromatic rings. The third-order valence-electron chi connectivity index (χ3n) is 4.61. The van der Waals surface area contributed by atoms with Crippen LogP contribution in [0.1, 0.15) is 31.2 Å². The number of primary amides is 1. The van der Waals surface area contributed by atoms with E-state index in [1.54, 1.807) is 0 Å². The van der Waals surface area contributed by atoms with Gasteiger partial charge in [-0.2, -0.15) is 0 Å². The summed E-state index contributed by atoms with van der Waals surface area (Å²) < 4.78 is 1.03. The third kappa shape index (κ3) is 2.04. The summed E-state index contributed by atoms with van der Waals surface area (Å²) >= 11 is 3.43. The Morgan fingerprint density at radius 2 is 1.95 bits per heavy atom. The molecule has 1 saturated heterocycles. The first-order valence-electron chi connectivity index (χ1n) is 6.89. The highest BCUT2D eigenvalue weighted by Gasteiger charge is 2.50. The molecule has 1 aliphatic carbocycles. The van der Waals surface area contributed by atoms with E-state index in [-0.39, 0.29) is 29.7 Å². The number of nitrogens with zero attached hydrogens (tertiary/aromatic N) is 1. The van der Waals surface area contributed by atoms with Crippen LogP contribution in [0.2, 0.25) is 0 Å². The first kappa shape index (κ1) is 13.6. The van der Waals surface area contributed by atoms with Gasteiger partial charge in [-0.05, 0) is 37.0 Å². The summed E-state index contributed by atoms with van der Waals surface area (Å²) in [6.07, 6.45) is 3.30. The number of benzene rings is 1. The van der Waals surface area contributed by atoms with Gasteiger partial charge in [0.15, 0.2) is 0 Å². The minimum Gasteiger partial charge on any atom is -0.369 e. The Morgan fingerprint density at radius 1 is 1.30 bits per heavy atom. The predicted molar refractivity (Wildman–Crippen MR) is 78.7 cm³/mol. The third-order valence-corrected chi connectivity index (χ3v) is 5.14. The summed E-state index contributed by atoms with van der Waals surface area (Å²) in [4.78, 5) is 25.5. The molecule has 0 spiro atoms. The highest BCUT2D eigenvalue weighted by molar-refractivity contribution is 9.10. The Kier molecular flexibility index (Phi) is 3.32. The van der Waals surface area contributed by atoms with Crippen molar-refractivity contribution in [3.63, 3.8) is 0 Å². The van der Waals surface area contributed by atoms with Crippen molar-refractivity contribution < 1.29 is 9.59 Å². The summed E-state index contributed by atoms with van der Waals surface area (Å²) in [5, 5.41) is 0. The number of amides is 2. The summed E-state index contributed by atoms with van der Waals surface area (Å²) in [7, 11) is 0. The Hall–Kier alpha value is -1.36. The van der Waals surface area contributed by atoms with Crippen LogP contribution >= 0.6 is 15.9 Å². The molecule has 0 aromatic heterocycles. The van der Waals surface area contributed by atoms with Crippen molar-refractivity contribution in [1.29, 1.82) is 0 Å². The number of likely N-dealkylation sites (tertiary alicyclic amines) is 1. The quantitative estimate of drug-likeness (QED) is 0.919. The maximum absolute atomic E-state index is 12.3. The van der Waals surface area contributed by atoms with E-state index in [1.165, 1.54) is 0 Å². The molecular weight excluding hydrogens is 320 g/mol. The maximum atomic E-state index is 12.3. The summed E-state index contributed by atoms with van der Waals surface area (Å²) in [5.41, 5.74) is 6.30. The summed E-state index contributed by atoms with van der Waals surface area (Å²) in [5.74, 6) is -0.655. The monoisotopic (exact) mass is 336 g/mol. The lowest BCUT2D eigenvalue weighted by Gasteiger charge is -2.49. The average Bonchev–Trinajstić information content (AvgIpc) is 2.73. The lowest BCUT2D eigenvalue weighted by molar-refractivity contribution is -0.137. The van der Waals surface area contributed by atoms with Gasteiger partial charge in [0.1, 0.15) is 0 Å². The Balaban J connectivity index is 1.91. The van der Waals surface area contributed by atoms with Gasteiger partial charge in [0.2, 0.25) is 11.8 Å². The molecule has 20 heavy (non-hydrogen) atoms. The van der Waals surface area contributed by atoms with Crippen LogP contribution in [0.5, 0.6) is 0 Å². The molecule has 2 fully saturated rings. The Bertz CT molecular complexity index is 551. The molecule has 3 rings (SSSR count). The molecule has 2 N–H and O–H groups in total. The number of hydrogen-bond donors (Lipinski definition) is 1. The van der Waals surface area contributed by atoms with Gasteiger partial charge in [0, 0.05) is 17.4 Å². The highest BCUT2D eigenvalue weighted by Crippen LogP contribution is 2.48. The van der Waals surface area contributed by atoms with Crippen molar-refractivity contribution in [3.8, 4) is 0 Å². The molecule has 0 radical (unpaired) electrons. The van der Waals surface area contributed by atoms with Gasteiger partial charge >= 0.3 is 0 Å². The van der Waals surface area contributed by atoms with Gasteiger partial charge in [-0.3, -0.25) is 9.59 Å². The zero-order valence-electron chi connectivity index (χ0n) is 11.1. The molecule has 2 amide bonds. The summed E-state index contributed by atoms with van der Waals surface area (Å²) in [6, 6.07) is 8.13. The van der Waals surface area contributed by atoms with Gasteiger partial charge in [-0.25, -0.2) is 0 Å². The Morgan fingerprint density at radius 3 is 2.40 bits per heavy atom. The topological polar surface area (TPSA) is 63.4 Å². The van der Waals surface area contributed by atoms with Crippen LogP contribution in [0.3, 0.4) is 0 Å². The highest BCUT2D eigenvalue weighted by atomic mass is 79.9. The number of rotatable bonds is 3. The van der Waals surface area contributed by atoms with Crippen molar-refractivity contribution in [1.82, 2.24) is 4.90 Å². The van der Waals surface area contributed by atoms with Crippen LogP contribution in [-0.4, -0.2) is 23.3 Å². The van der Waals surface area contributed by atoms with Crippen molar-refractivity contribution in [2.45, 2.75) is 31.2 Å². The second-order valence-corrected chi connectivity index (χ2v) is 6.62. The zero-order valence-corrected chi connectivity index (χ0v) is 12.7. The van der Waals surface area contributed by atoms with Crippen LogP contribution in [0.25, 0.3) is 0 Å². The molecule has 1 unspecified atom stereocenters. The van der Waals surface area contributed by atoms with Crippen molar-refractivity contribution in [2.24, 2.45) is 11.7 Å². The van der Waals surface area contributed by atoms with Gasteiger partial charge in [0.05, 0.1) is 11.5 Å². The second kappa shape index (κ2) is 4.88. The van der Waals surface area contributed by atoms with Gasteiger partial charge in [-0.15, -0.1) is 0 Å². The normalized spacial score (nSPS) is 24.6. The lowest BCUT2D eigenvalue weighted by atomic mass is 9.70. The minimum absolute atomic E-state index is 0.0522. The first-order valence-corrected chi connectivity index (χ1v) is 7.68. The van der Waals surface area contributed by atoms with Gasteiger partial charge in [-0.1, -0.05) is 28.1 Å². The molecule has 2 aliphatic rings. The van der Waals surface area contributed by atoms with Gasteiger partial charge in [0.25, 0.3) is 0 Å². The minimum atomic E-state index is -0.369. The van der Waals surface area contributed by atoms with Crippen molar-refractivity contribution in [2.75, 3.05) is 6.54 Å². The number of hydrogen-bond acceptors (Lipinski definition) is 2. The molecule has 1 saturated carbocycles. The lowest BCUT2D eigenvalue weighted by Crippen LogP contribution is -2.52. The first-order chi connectivity index (χ1) is 9.53. The van der Waals surface area contributed by atoms with Crippen molar-refractivity contribution >= 4 is 27.7 Å². The molecule has 4 nitrogen and oxygen atoms in total. The number of carbonyl (C=O) groups is 2. The Labute approximate surface area is 126 Å². The fourth-order valence-corrected chi connectivity index (χ4v) is 3.56. The van der Waals surface area contributed by atoms with E-state index in [4.69, 9.17) is 5.73 Å².